The highest BCUT2D eigenvalue weighted by atomic mass is 15.4. The molecule has 0 aliphatic carbocycles. The Kier molecular flexibility index (Phi) is 5.55. The maximum Gasteiger partial charge on any atom is 0.0692 e. The van der Waals surface area contributed by atoms with E-state index in [-0.39, 0.29) is 0 Å². The third-order valence-corrected chi connectivity index (χ3v) is 3.38. The lowest BCUT2D eigenvalue weighted by molar-refractivity contribution is 0.540. The fourth-order valence-corrected chi connectivity index (χ4v) is 2.19. The predicted molar refractivity (Wildman–Crippen MR) is 81.7 cm³/mol. The SMILES string of the molecule is CCN(CC)c1ccc(CNCCn2ccnn2)cc1. The fraction of sp³-hybridized carbons (Fsp3) is 0.467. The van der Waals surface area contributed by atoms with Crippen molar-refractivity contribution in [2.45, 2.75) is 26.9 Å². The van der Waals surface area contributed by atoms with Gasteiger partial charge in [-0.1, -0.05) is 17.3 Å². The minimum Gasteiger partial charge on any atom is -0.372 e. The van der Waals surface area contributed by atoms with E-state index in [9.17, 15) is 0 Å². The molecule has 0 saturated heterocycles. The zero-order chi connectivity index (χ0) is 14.2. The second-order valence-corrected chi connectivity index (χ2v) is 4.68. The summed E-state index contributed by atoms with van der Waals surface area (Å²) in [5, 5.41) is 11.1. The zero-order valence-corrected chi connectivity index (χ0v) is 12.3. The molecule has 0 atom stereocenters. The molecule has 0 fully saturated rings. The Morgan fingerprint density at radius 2 is 1.90 bits per heavy atom. The van der Waals surface area contributed by atoms with Crippen molar-refractivity contribution in [2.75, 3.05) is 24.5 Å². The topological polar surface area (TPSA) is 46.0 Å². The maximum atomic E-state index is 3.93. The minimum absolute atomic E-state index is 0.845. The van der Waals surface area contributed by atoms with Crippen LogP contribution >= 0.6 is 0 Å². The van der Waals surface area contributed by atoms with Crippen molar-refractivity contribution in [2.24, 2.45) is 0 Å². The smallest absolute Gasteiger partial charge is 0.0692 e. The lowest BCUT2D eigenvalue weighted by Crippen LogP contribution is -2.22. The number of anilines is 1. The standard InChI is InChI=1S/C15H23N5/c1-3-19(4-2)15-7-5-14(6-8-15)13-16-9-11-20-12-10-17-18-20/h5-8,10,12,16H,3-4,9,11,13H2,1-2H3. The zero-order valence-electron chi connectivity index (χ0n) is 12.3. The third kappa shape index (κ3) is 4.06. The summed E-state index contributed by atoms with van der Waals surface area (Å²) in [5.74, 6) is 0. The lowest BCUT2D eigenvalue weighted by atomic mass is 10.2. The Morgan fingerprint density at radius 1 is 1.15 bits per heavy atom. The van der Waals surface area contributed by atoms with Crippen LogP contribution in [-0.2, 0) is 13.1 Å². The predicted octanol–water partition coefficient (Wildman–Crippen LogP) is 1.91. The van der Waals surface area contributed by atoms with Crippen LogP contribution in [0.15, 0.2) is 36.7 Å². The summed E-state index contributed by atoms with van der Waals surface area (Å²) < 4.78 is 1.83. The molecule has 0 spiro atoms. The number of nitrogens with zero attached hydrogens (tertiary/aromatic N) is 4. The van der Waals surface area contributed by atoms with Crippen LogP contribution in [-0.4, -0.2) is 34.6 Å². The van der Waals surface area contributed by atoms with E-state index in [1.807, 2.05) is 10.9 Å². The number of rotatable bonds is 8. The molecule has 0 amide bonds. The van der Waals surface area contributed by atoms with Crippen molar-refractivity contribution >= 4 is 5.69 Å². The molecule has 0 unspecified atom stereocenters. The quantitative estimate of drug-likeness (QED) is 0.746. The molecule has 1 aromatic heterocycles. The Balaban J connectivity index is 1.76. The molecule has 5 heteroatoms. The fourth-order valence-electron chi connectivity index (χ4n) is 2.19. The van der Waals surface area contributed by atoms with E-state index in [0.717, 1.165) is 32.7 Å². The number of hydrogen-bond acceptors (Lipinski definition) is 4. The van der Waals surface area contributed by atoms with Gasteiger partial charge in [-0.05, 0) is 31.5 Å². The second kappa shape index (κ2) is 7.65. The van der Waals surface area contributed by atoms with Crippen molar-refractivity contribution < 1.29 is 0 Å². The van der Waals surface area contributed by atoms with Gasteiger partial charge in [-0.25, -0.2) is 0 Å². The highest BCUT2D eigenvalue weighted by Crippen LogP contribution is 2.14. The van der Waals surface area contributed by atoms with Crippen LogP contribution in [0, 0.1) is 0 Å². The summed E-state index contributed by atoms with van der Waals surface area (Å²) >= 11 is 0. The molecular formula is C15H23N5. The lowest BCUT2D eigenvalue weighted by Gasteiger charge is -2.21. The molecule has 0 saturated carbocycles. The van der Waals surface area contributed by atoms with Crippen molar-refractivity contribution in [3.8, 4) is 0 Å². The second-order valence-electron chi connectivity index (χ2n) is 4.68. The summed E-state index contributed by atoms with van der Waals surface area (Å²) in [5.41, 5.74) is 2.60. The van der Waals surface area contributed by atoms with Crippen LogP contribution in [0.25, 0.3) is 0 Å². The van der Waals surface area contributed by atoms with Crippen molar-refractivity contribution in [1.29, 1.82) is 0 Å². The van der Waals surface area contributed by atoms with Gasteiger partial charge < -0.3 is 10.2 Å². The van der Waals surface area contributed by atoms with Crippen LogP contribution in [0.5, 0.6) is 0 Å². The van der Waals surface area contributed by atoms with E-state index in [0.29, 0.717) is 0 Å². The summed E-state index contributed by atoms with van der Waals surface area (Å²) in [6, 6.07) is 8.77. The van der Waals surface area contributed by atoms with Crippen LogP contribution in [0.1, 0.15) is 19.4 Å². The van der Waals surface area contributed by atoms with E-state index < -0.39 is 0 Å². The van der Waals surface area contributed by atoms with Crippen LogP contribution in [0.2, 0.25) is 0 Å². The van der Waals surface area contributed by atoms with Gasteiger partial charge in [0.1, 0.15) is 0 Å². The summed E-state index contributed by atoms with van der Waals surface area (Å²) in [6.07, 6.45) is 3.58. The van der Waals surface area contributed by atoms with Crippen molar-refractivity contribution in [3.05, 3.63) is 42.2 Å². The van der Waals surface area contributed by atoms with E-state index >= 15 is 0 Å². The summed E-state index contributed by atoms with van der Waals surface area (Å²) in [6.45, 7) is 9.08. The van der Waals surface area contributed by atoms with Crippen LogP contribution < -0.4 is 10.2 Å². The average Bonchev–Trinajstić information content (AvgIpc) is 3.00. The van der Waals surface area contributed by atoms with Gasteiger partial charge in [-0.3, -0.25) is 4.68 Å². The van der Waals surface area contributed by atoms with Gasteiger partial charge in [-0.15, -0.1) is 5.10 Å². The molecule has 0 bridgehead atoms. The van der Waals surface area contributed by atoms with Gasteiger partial charge in [0.05, 0.1) is 12.7 Å². The monoisotopic (exact) mass is 273 g/mol. The molecule has 108 valence electrons. The first kappa shape index (κ1) is 14.5. The largest absolute Gasteiger partial charge is 0.372 e. The van der Waals surface area contributed by atoms with Crippen LogP contribution in [0.3, 0.4) is 0 Å². The molecule has 20 heavy (non-hydrogen) atoms. The van der Waals surface area contributed by atoms with Crippen molar-refractivity contribution in [3.63, 3.8) is 0 Å². The van der Waals surface area contributed by atoms with E-state index in [1.54, 1.807) is 6.20 Å². The summed E-state index contributed by atoms with van der Waals surface area (Å²) in [4.78, 5) is 2.35. The highest BCUT2D eigenvalue weighted by Gasteiger charge is 2.01. The van der Waals surface area contributed by atoms with Gasteiger partial charge in [0.15, 0.2) is 0 Å². The molecule has 0 radical (unpaired) electrons. The van der Waals surface area contributed by atoms with Crippen LogP contribution in [0.4, 0.5) is 5.69 Å². The number of benzene rings is 1. The molecule has 0 aliphatic heterocycles. The highest BCUT2D eigenvalue weighted by molar-refractivity contribution is 5.47. The first-order chi connectivity index (χ1) is 9.83. The van der Waals surface area contributed by atoms with Gasteiger partial charge in [-0.2, -0.15) is 0 Å². The van der Waals surface area contributed by atoms with E-state index in [2.05, 4.69) is 58.6 Å². The third-order valence-electron chi connectivity index (χ3n) is 3.38. The Labute approximate surface area is 120 Å². The first-order valence-corrected chi connectivity index (χ1v) is 7.22. The average molecular weight is 273 g/mol. The normalized spacial score (nSPS) is 10.7. The summed E-state index contributed by atoms with van der Waals surface area (Å²) in [7, 11) is 0. The maximum absolute atomic E-state index is 3.93. The molecule has 2 rings (SSSR count). The number of aromatic nitrogens is 3. The molecule has 0 aliphatic rings. The molecule has 2 aromatic rings. The number of hydrogen-bond donors (Lipinski definition) is 1. The Bertz CT molecular complexity index is 473. The van der Waals surface area contributed by atoms with Gasteiger partial charge in [0.2, 0.25) is 0 Å². The van der Waals surface area contributed by atoms with Gasteiger partial charge in [0.25, 0.3) is 0 Å². The molecule has 1 N–H and O–H groups in total. The van der Waals surface area contributed by atoms with E-state index in [4.69, 9.17) is 0 Å². The Morgan fingerprint density at radius 3 is 2.50 bits per heavy atom. The molecular weight excluding hydrogens is 250 g/mol. The molecule has 1 aromatic carbocycles. The minimum atomic E-state index is 0.845. The molecule has 1 heterocycles. The molecule has 5 nitrogen and oxygen atoms in total. The first-order valence-electron chi connectivity index (χ1n) is 7.22. The van der Waals surface area contributed by atoms with Crippen molar-refractivity contribution in [1.82, 2.24) is 20.3 Å². The number of nitrogens with one attached hydrogen (secondary N) is 1. The van der Waals surface area contributed by atoms with Gasteiger partial charge >= 0.3 is 0 Å². The van der Waals surface area contributed by atoms with Gasteiger partial charge in [0, 0.05) is 38.1 Å². The van der Waals surface area contributed by atoms with E-state index in [1.165, 1.54) is 11.3 Å². The Hall–Kier alpha value is -1.88.